The van der Waals surface area contributed by atoms with Gasteiger partial charge >= 0.3 is 0 Å². The van der Waals surface area contributed by atoms with Crippen LogP contribution >= 0.6 is 22.7 Å². The molecule has 2 N–H and O–H groups in total. The summed E-state index contributed by atoms with van der Waals surface area (Å²) in [4.78, 5) is 28.8. The number of nitrogens with one attached hydrogen (secondary N) is 2. The lowest BCUT2D eigenvalue weighted by molar-refractivity contribution is -0.115. The lowest BCUT2D eigenvalue weighted by atomic mass is 10.4. The van der Waals surface area contributed by atoms with Crippen LogP contribution in [0.4, 0.5) is 5.13 Å². The highest BCUT2D eigenvalue weighted by molar-refractivity contribution is 7.14. The van der Waals surface area contributed by atoms with Gasteiger partial charge < -0.3 is 10.6 Å². The van der Waals surface area contributed by atoms with Gasteiger partial charge in [0.1, 0.15) is 0 Å². The molecule has 0 bridgehead atoms. The van der Waals surface area contributed by atoms with Crippen LogP contribution in [0.15, 0.2) is 23.7 Å². The summed E-state index contributed by atoms with van der Waals surface area (Å²) >= 11 is 2.73. The molecule has 2 amide bonds. The SMILES string of the molecule is Cc1ccc(C(=O)NCC(=O)Nc2nccs2)s1. The van der Waals surface area contributed by atoms with Gasteiger partial charge in [0.25, 0.3) is 5.91 Å². The topological polar surface area (TPSA) is 71.1 Å². The Morgan fingerprint density at radius 1 is 1.39 bits per heavy atom. The first-order valence-corrected chi connectivity index (χ1v) is 6.89. The quantitative estimate of drug-likeness (QED) is 0.899. The van der Waals surface area contributed by atoms with Crippen molar-refractivity contribution in [1.82, 2.24) is 10.3 Å². The Labute approximate surface area is 112 Å². The standard InChI is InChI=1S/C11H11N3O2S2/c1-7-2-3-8(18-7)10(16)13-6-9(15)14-11-12-4-5-17-11/h2-5H,6H2,1H3,(H,13,16)(H,12,14,15). The molecule has 0 saturated heterocycles. The summed E-state index contributed by atoms with van der Waals surface area (Å²) in [6.07, 6.45) is 1.60. The number of carbonyl (C=O) groups excluding carboxylic acids is 2. The molecule has 0 saturated carbocycles. The summed E-state index contributed by atoms with van der Waals surface area (Å²) in [6.45, 7) is 1.87. The fourth-order valence-electron chi connectivity index (χ4n) is 1.25. The monoisotopic (exact) mass is 281 g/mol. The molecule has 0 aliphatic rings. The van der Waals surface area contributed by atoms with Gasteiger partial charge in [0.15, 0.2) is 5.13 Å². The molecule has 94 valence electrons. The number of rotatable bonds is 4. The summed E-state index contributed by atoms with van der Waals surface area (Å²) in [5.74, 6) is -0.519. The van der Waals surface area contributed by atoms with E-state index in [1.165, 1.54) is 22.7 Å². The van der Waals surface area contributed by atoms with Crippen molar-refractivity contribution in [2.24, 2.45) is 0 Å². The number of amides is 2. The fourth-order valence-corrected chi connectivity index (χ4v) is 2.58. The molecule has 2 heterocycles. The van der Waals surface area contributed by atoms with Crippen LogP contribution in [0.25, 0.3) is 0 Å². The summed E-state index contributed by atoms with van der Waals surface area (Å²) < 4.78 is 0. The van der Waals surface area contributed by atoms with Crippen molar-refractivity contribution in [3.63, 3.8) is 0 Å². The van der Waals surface area contributed by atoms with Gasteiger partial charge in [-0.15, -0.1) is 22.7 Å². The van der Waals surface area contributed by atoms with E-state index in [0.717, 1.165) is 4.88 Å². The van der Waals surface area contributed by atoms with Crippen molar-refractivity contribution in [3.05, 3.63) is 33.5 Å². The Bertz CT molecular complexity index is 548. The first-order chi connectivity index (χ1) is 8.65. The van der Waals surface area contributed by atoms with Crippen LogP contribution in [-0.2, 0) is 4.79 Å². The summed E-state index contributed by atoms with van der Waals surface area (Å²) in [5.41, 5.74) is 0. The minimum atomic E-state index is -0.286. The molecular formula is C11H11N3O2S2. The normalized spacial score (nSPS) is 10.1. The van der Waals surface area contributed by atoms with E-state index in [2.05, 4.69) is 15.6 Å². The van der Waals surface area contributed by atoms with E-state index in [-0.39, 0.29) is 18.4 Å². The molecule has 7 heteroatoms. The van der Waals surface area contributed by atoms with Crippen molar-refractivity contribution in [2.75, 3.05) is 11.9 Å². The second kappa shape index (κ2) is 5.74. The number of thiophene rings is 1. The van der Waals surface area contributed by atoms with Gasteiger partial charge in [-0.3, -0.25) is 9.59 Å². The van der Waals surface area contributed by atoms with E-state index in [1.54, 1.807) is 17.6 Å². The Balaban J connectivity index is 1.81. The van der Waals surface area contributed by atoms with Crippen LogP contribution in [0.1, 0.15) is 14.5 Å². The molecule has 0 aliphatic heterocycles. The molecule has 2 aromatic rings. The number of anilines is 1. The maximum atomic E-state index is 11.7. The van der Waals surface area contributed by atoms with Gasteiger partial charge in [-0.2, -0.15) is 0 Å². The average molecular weight is 281 g/mol. The second-order valence-electron chi connectivity index (χ2n) is 3.48. The molecular weight excluding hydrogens is 270 g/mol. The molecule has 0 radical (unpaired) electrons. The third-order valence-corrected chi connectivity index (χ3v) is 3.74. The maximum absolute atomic E-state index is 11.7. The number of thiazole rings is 1. The number of carbonyl (C=O) groups is 2. The van der Waals surface area contributed by atoms with Crippen LogP contribution in [-0.4, -0.2) is 23.3 Å². The molecule has 0 fully saturated rings. The third-order valence-electron chi connectivity index (χ3n) is 2.05. The van der Waals surface area contributed by atoms with Crippen LogP contribution in [0.3, 0.4) is 0 Å². The summed E-state index contributed by atoms with van der Waals surface area (Å²) in [7, 11) is 0. The van der Waals surface area contributed by atoms with Crippen molar-refractivity contribution < 1.29 is 9.59 Å². The van der Waals surface area contributed by atoms with E-state index in [9.17, 15) is 9.59 Å². The van der Waals surface area contributed by atoms with Gasteiger partial charge in [-0.25, -0.2) is 4.98 Å². The van der Waals surface area contributed by atoms with Crippen LogP contribution < -0.4 is 10.6 Å². The van der Waals surface area contributed by atoms with Crippen molar-refractivity contribution in [3.8, 4) is 0 Å². The number of hydrogen-bond donors (Lipinski definition) is 2. The first kappa shape index (κ1) is 12.7. The van der Waals surface area contributed by atoms with Crippen molar-refractivity contribution in [2.45, 2.75) is 6.92 Å². The van der Waals surface area contributed by atoms with E-state index in [4.69, 9.17) is 0 Å². The van der Waals surface area contributed by atoms with E-state index in [1.807, 2.05) is 13.0 Å². The Morgan fingerprint density at radius 3 is 2.83 bits per heavy atom. The fraction of sp³-hybridized carbons (Fsp3) is 0.182. The Morgan fingerprint density at radius 2 is 2.22 bits per heavy atom. The molecule has 0 aromatic carbocycles. The highest BCUT2D eigenvalue weighted by atomic mass is 32.1. The Kier molecular flexibility index (Phi) is 4.06. The predicted molar refractivity (Wildman–Crippen MR) is 72.1 cm³/mol. The average Bonchev–Trinajstić information content (AvgIpc) is 2.97. The number of hydrogen-bond acceptors (Lipinski definition) is 5. The van der Waals surface area contributed by atoms with Gasteiger partial charge in [0, 0.05) is 16.5 Å². The zero-order valence-electron chi connectivity index (χ0n) is 9.60. The second-order valence-corrected chi connectivity index (χ2v) is 5.66. The molecule has 0 unspecified atom stereocenters. The van der Waals surface area contributed by atoms with Gasteiger partial charge in [-0.1, -0.05) is 0 Å². The molecule has 2 aromatic heterocycles. The molecule has 0 atom stereocenters. The Hall–Kier alpha value is -1.73. The van der Waals surface area contributed by atoms with Crippen molar-refractivity contribution >= 4 is 39.6 Å². The molecule has 0 spiro atoms. The zero-order valence-corrected chi connectivity index (χ0v) is 11.2. The molecule has 18 heavy (non-hydrogen) atoms. The molecule has 2 rings (SSSR count). The van der Waals surface area contributed by atoms with Gasteiger partial charge in [0.2, 0.25) is 5.91 Å². The van der Waals surface area contributed by atoms with Crippen LogP contribution in [0, 0.1) is 6.92 Å². The maximum Gasteiger partial charge on any atom is 0.261 e. The first-order valence-electron chi connectivity index (χ1n) is 5.19. The number of aromatic nitrogens is 1. The zero-order chi connectivity index (χ0) is 13.0. The highest BCUT2D eigenvalue weighted by Gasteiger charge is 2.10. The smallest absolute Gasteiger partial charge is 0.261 e. The summed E-state index contributed by atoms with van der Waals surface area (Å²) in [5, 5.41) is 7.45. The van der Waals surface area contributed by atoms with Crippen molar-refractivity contribution in [1.29, 1.82) is 0 Å². The summed E-state index contributed by atoms with van der Waals surface area (Å²) in [6, 6.07) is 3.61. The largest absolute Gasteiger partial charge is 0.342 e. The lowest BCUT2D eigenvalue weighted by Gasteiger charge is -2.03. The van der Waals surface area contributed by atoms with Crippen LogP contribution in [0.2, 0.25) is 0 Å². The van der Waals surface area contributed by atoms with Gasteiger partial charge in [0.05, 0.1) is 11.4 Å². The van der Waals surface area contributed by atoms with Crippen LogP contribution in [0.5, 0.6) is 0 Å². The number of aryl methyl sites for hydroxylation is 1. The predicted octanol–water partition coefficient (Wildman–Crippen LogP) is 1.88. The minimum Gasteiger partial charge on any atom is -0.342 e. The van der Waals surface area contributed by atoms with Gasteiger partial charge in [-0.05, 0) is 19.1 Å². The van der Waals surface area contributed by atoms with E-state index >= 15 is 0 Å². The lowest BCUT2D eigenvalue weighted by Crippen LogP contribution is -2.32. The molecule has 0 aliphatic carbocycles. The minimum absolute atomic E-state index is 0.0602. The van der Waals surface area contributed by atoms with E-state index < -0.39 is 0 Å². The third kappa shape index (κ3) is 3.38. The molecule has 5 nitrogen and oxygen atoms in total. The number of nitrogens with zero attached hydrogens (tertiary/aromatic N) is 1. The van der Waals surface area contributed by atoms with E-state index in [0.29, 0.717) is 10.0 Å². The highest BCUT2D eigenvalue weighted by Crippen LogP contribution is 2.14.